The van der Waals surface area contributed by atoms with Crippen molar-refractivity contribution in [3.63, 3.8) is 0 Å². The molecule has 222 valence electrons. The number of esters is 2. The summed E-state index contributed by atoms with van der Waals surface area (Å²) in [6.07, 6.45) is 1.64. The molecule has 2 aromatic heterocycles. The number of aromatic nitrogens is 1. The number of methoxy groups -OCH3 is 2. The van der Waals surface area contributed by atoms with Gasteiger partial charge in [0.15, 0.2) is 4.80 Å². The van der Waals surface area contributed by atoms with Crippen LogP contribution in [-0.4, -0.2) is 43.9 Å². The molecule has 2 aromatic carbocycles. The average Bonchev–Trinajstić information content (AvgIpc) is 3.60. The van der Waals surface area contributed by atoms with E-state index in [2.05, 4.69) is 4.99 Å². The van der Waals surface area contributed by atoms with Crippen LogP contribution < -0.4 is 24.4 Å². The third kappa shape index (κ3) is 5.76. The molecule has 10 nitrogen and oxygen atoms in total. The predicted molar refractivity (Wildman–Crippen MR) is 160 cm³/mol. The first-order valence-electron chi connectivity index (χ1n) is 13.6. The van der Waals surface area contributed by atoms with Crippen molar-refractivity contribution >= 4 is 29.4 Å². The molecule has 0 radical (unpaired) electrons. The Hall–Kier alpha value is -4.90. The van der Waals surface area contributed by atoms with E-state index >= 15 is 0 Å². The normalized spacial score (nSPS) is 14.6. The van der Waals surface area contributed by atoms with Crippen LogP contribution >= 0.6 is 11.3 Å². The summed E-state index contributed by atoms with van der Waals surface area (Å²) in [6, 6.07) is 14.8. The van der Waals surface area contributed by atoms with Crippen molar-refractivity contribution in [3.8, 4) is 22.8 Å². The first-order chi connectivity index (χ1) is 20.8. The number of carbonyl (C=O) groups is 2. The molecule has 0 saturated heterocycles. The molecule has 0 N–H and O–H groups in total. The smallest absolute Gasteiger partial charge is 0.338 e. The van der Waals surface area contributed by atoms with Crippen molar-refractivity contribution < 1.29 is 33.0 Å². The number of furan rings is 1. The number of carbonyl (C=O) groups excluding carboxylic acids is 2. The summed E-state index contributed by atoms with van der Waals surface area (Å²) < 4.78 is 29.4. The third-order valence-corrected chi connectivity index (χ3v) is 7.81. The highest BCUT2D eigenvalue weighted by Crippen LogP contribution is 2.37. The van der Waals surface area contributed by atoms with Gasteiger partial charge in [0.1, 0.15) is 29.1 Å². The number of allylic oxidation sites excluding steroid dienone is 1. The standard InChI is InChI=1S/C32H30N2O8S/c1-6-40-30(36)20-10-8-19(9-11-20)24-14-13-22(42-24)17-26-29(35)34-28(23-16-21(38-4)12-15-25(23)39-5)27(31(37)41-7-2)18(3)33-32(34)43-26/h8-17,28H,6-7H2,1-5H3. The Kier molecular flexibility index (Phi) is 8.63. The number of benzene rings is 2. The summed E-state index contributed by atoms with van der Waals surface area (Å²) in [7, 11) is 3.06. The first kappa shape index (κ1) is 29.6. The quantitative estimate of drug-likeness (QED) is 0.261. The maximum Gasteiger partial charge on any atom is 0.338 e. The molecular weight excluding hydrogens is 572 g/mol. The fourth-order valence-electron chi connectivity index (χ4n) is 4.84. The lowest BCUT2D eigenvalue weighted by Gasteiger charge is -2.26. The van der Waals surface area contributed by atoms with Gasteiger partial charge in [0.05, 0.1) is 48.8 Å². The van der Waals surface area contributed by atoms with Gasteiger partial charge < -0.3 is 23.4 Å². The van der Waals surface area contributed by atoms with E-state index in [1.54, 1.807) is 81.4 Å². The highest BCUT2D eigenvalue weighted by atomic mass is 32.1. The Morgan fingerprint density at radius 1 is 0.977 bits per heavy atom. The Bertz CT molecular complexity index is 1900. The lowest BCUT2D eigenvalue weighted by Crippen LogP contribution is -2.40. The van der Waals surface area contributed by atoms with Crippen LogP contribution in [0.5, 0.6) is 11.5 Å². The molecule has 3 heterocycles. The van der Waals surface area contributed by atoms with Crippen LogP contribution in [0.1, 0.15) is 48.5 Å². The van der Waals surface area contributed by atoms with Gasteiger partial charge in [-0.1, -0.05) is 23.5 Å². The number of fused-ring (bicyclic) bond motifs is 1. The van der Waals surface area contributed by atoms with E-state index in [0.717, 1.165) is 5.56 Å². The van der Waals surface area contributed by atoms with Gasteiger partial charge in [-0.15, -0.1) is 0 Å². The minimum absolute atomic E-state index is 0.161. The summed E-state index contributed by atoms with van der Waals surface area (Å²) in [6.45, 7) is 5.65. The molecule has 0 aliphatic carbocycles. The monoisotopic (exact) mass is 602 g/mol. The third-order valence-electron chi connectivity index (χ3n) is 6.83. The van der Waals surface area contributed by atoms with Gasteiger partial charge >= 0.3 is 11.9 Å². The molecule has 11 heteroatoms. The van der Waals surface area contributed by atoms with Gasteiger partial charge in [-0.25, -0.2) is 14.6 Å². The van der Waals surface area contributed by atoms with E-state index in [9.17, 15) is 14.4 Å². The van der Waals surface area contributed by atoms with Crippen LogP contribution in [0.15, 0.2) is 80.1 Å². The van der Waals surface area contributed by atoms with Crippen molar-refractivity contribution in [2.75, 3.05) is 27.4 Å². The Labute approximate surface area is 251 Å². The van der Waals surface area contributed by atoms with E-state index in [-0.39, 0.29) is 17.7 Å². The fourth-order valence-corrected chi connectivity index (χ4v) is 5.87. The molecule has 5 rings (SSSR count). The molecule has 0 fully saturated rings. The molecule has 0 spiro atoms. The minimum atomic E-state index is -0.868. The molecule has 1 aliphatic rings. The largest absolute Gasteiger partial charge is 0.497 e. The lowest BCUT2D eigenvalue weighted by molar-refractivity contribution is -0.139. The van der Waals surface area contributed by atoms with Crippen molar-refractivity contribution in [2.45, 2.75) is 26.8 Å². The molecule has 1 unspecified atom stereocenters. The highest BCUT2D eigenvalue weighted by molar-refractivity contribution is 7.07. The van der Waals surface area contributed by atoms with E-state index < -0.39 is 18.0 Å². The Morgan fingerprint density at radius 2 is 1.70 bits per heavy atom. The molecule has 0 bridgehead atoms. The molecule has 1 atom stereocenters. The van der Waals surface area contributed by atoms with E-state index in [1.165, 1.54) is 30.1 Å². The van der Waals surface area contributed by atoms with Crippen LogP contribution in [-0.2, 0) is 14.3 Å². The number of ether oxygens (including phenoxy) is 4. The van der Waals surface area contributed by atoms with Gasteiger partial charge in [0.2, 0.25) is 0 Å². The second kappa shape index (κ2) is 12.5. The summed E-state index contributed by atoms with van der Waals surface area (Å²) >= 11 is 1.18. The number of rotatable bonds is 9. The van der Waals surface area contributed by atoms with Crippen LogP contribution in [0.4, 0.5) is 0 Å². The number of hydrogen-bond acceptors (Lipinski definition) is 10. The highest BCUT2D eigenvalue weighted by Gasteiger charge is 2.35. The fraction of sp³-hybridized carbons (Fsp3) is 0.250. The van der Waals surface area contributed by atoms with Gasteiger partial charge in [0, 0.05) is 17.2 Å². The van der Waals surface area contributed by atoms with Gasteiger partial charge in [-0.3, -0.25) is 9.36 Å². The summed E-state index contributed by atoms with van der Waals surface area (Å²) in [5.74, 6) is 1.06. The second-order valence-electron chi connectivity index (χ2n) is 9.41. The van der Waals surface area contributed by atoms with Crippen LogP contribution in [0.2, 0.25) is 0 Å². The van der Waals surface area contributed by atoms with E-state index in [0.29, 0.717) is 55.8 Å². The van der Waals surface area contributed by atoms with Crippen molar-refractivity contribution in [3.05, 3.63) is 102 Å². The van der Waals surface area contributed by atoms with Crippen molar-refractivity contribution in [1.82, 2.24) is 4.57 Å². The number of nitrogens with zero attached hydrogens (tertiary/aromatic N) is 2. The zero-order valence-corrected chi connectivity index (χ0v) is 25.2. The van der Waals surface area contributed by atoms with E-state index in [1.807, 2.05) is 0 Å². The topological polar surface area (TPSA) is 119 Å². The number of thiazole rings is 1. The summed E-state index contributed by atoms with van der Waals surface area (Å²) in [4.78, 5) is 44.2. The molecular formula is C32H30N2O8S. The Morgan fingerprint density at radius 3 is 2.37 bits per heavy atom. The van der Waals surface area contributed by atoms with Gasteiger partial charge in [-0.05, 0) is 63.2 Å². The minimum Gasteiger partial charge on any atom is -0.497 e. The predicted octanol–water partition coefficient (Wildman–Crippen LogP) is 4.25. The molecule has 1 aliphatic heterocycles. The first-order valence-corrected chi connectivity index (χ1v) is 14.4. The molecule has 0 amide bonds. The van der Waals surface area contributed by atoms with Gasteiger partial charge in [-0.2, -0.15) is 0 Å². The van der Waals surface area contributed by atoms with Gasteiger partial charge in [0.25, 0.3) is 5.56 Å². The maximum absolute atomic E-state index is 14.0. The SMILES string of the molecule is CCOC(=O)C1=C(C)N=c2sc(=Cc3ccc(-c4ccc(C(=O)OCC)cc4)o3)c(=O)n2C1c1cc(OC)ccc1OC. The van der Waals surface area contributed by atoms with Crippen molar-refractivity contribution in [2.24, 2.45) is 4.99 Å². The number of hydrogen-bond donors (Lipinski definition) is 0. The lowest BCUT2D eigenvalue weighted by atomic mass is 9.95. The molecule has 43 heavy (non-hydrogen) atoms. The van der Waals surface area contributed by atoms with E-state index in [4.69, 9.17) is 23.4 Å². The van der Waals surface area contributed by atoms with Crippen LogP contribution in [0, 0.1) is 0 Å². The van der Waals surface area contributed by atoms with Crippen molar-refractivity contribution in [1.29, 1.82) is 0 Å². The molecule has 4 aromatic rings. The van der Waals surface area contributed by atoms with Crippen LogP contribution in [0.3, 0.4) is 0 Å². The summed E-state index contributed by atoms with van der Waals surface area (Å²) in [5, 5.41) is 0. The second-order valence-corrected chi connectivity index (χ2v) is 10.4. The maximum atomic E-state index is 14.0. The average molecular weight is 603 g/mol. The summed E-state index contributed by atoms with van der Waals surface area (Å²) in [5.41, 5.74) is 2.07. The Balaban J connectivity index is 1.60. The van der Waals surface area contributed by atoms with Crippen LogP contribution in [0.25, 0.3) is 17.4 Å². The zero-order valence-electron chi connectivity index (χ0n) is 24.3. The zero-order chi connectivity index (χ0) is 30.7. The molecule has 0 saturated carbocycles.